The molecule has 1 aliphatic heterocycles. The van der Waals surface area contributed by atoms with Crippen molar-refractivity contribution in [1.29, 1.82) is 0 Å². The molecule has 2 atom stereocenters. The van der Waals surface area contributed by atoms with Gasteiger partial charge < -0.3 is 10.6 Å². The summed E-state index contributed by atoms with van der Waals surface area (Å²) in [6.45, 7) is 4.37. The van der Waals surface area contributed by atoms with Crippen LogP contribution in [-0.4, -0.2) is 45.3 Å². The predicted molar refractivity (Wildman–Crippen MR) is 120 cm³/mol. The average Bonchev–Trinajstić information content (AvgIpc) is 3.01. The Balaban J connectivity index is 1.81. The highest BCUT2D eigenvalue weighted by molar-refractivity contribution is 6.05. The average molecular weight is 448 g/mol. The molecule has 3 rings (SSSR count). The van der Waals surface area contributed by atoms with Crippen LogP contribution in [0.1, 0.15) is 65.2 Å². The van der Waals surface area contributed by atoms with Crippen LogP contribution in [0, 0.1) is 11.8 Å². The van der Waals surface area contributed by atoms with Crippen LogP contribution in [0.4, 0.5) is 11.5 Å². The topological polar surface area (TPSA) is 139 Å². The molecule has 1 aromatic rings. The fourth-order valence-corrected chi connectivity index (χ4v) is 4.76. The minimum Gasteiger partial charge on any atom is -0.383 e. The van der Waals surface area contributed by atoms with Crippen molar-refractivity contribution in [2.75, 3.05) is 23.7 Å². The van der Waals surface area contributed by atoms with Crippen molar-refractivity contribution in [3.63, 3.8) is 0 Å². The summed E-state index contributed by atoms with van der Waals surface area (Å²) >= 11 is 0. The first kappa shape index (κ1) is 23.7. The van der Waals surface area contributed by atoms with Crippen LogP contribution in [0.2, 0.25) is 0 Å². The first-order valence-corrected chi connectivity index (χ1v) is 11.6. The summed E-state index contributed by atoms with van der Waals surface area (Å²) < 4.78 is 1.27. The number of H-pyrrole nitrogens is 1. The number of hydrogen-bond donors (Lipinski definition) is 2. The summed E-state index contributed by atoms with van der Waals surface area (Å²) in [5.41, 5.74) is 4.78. The number of nitrogens with one attached hydrogen (secondary N) is 1. The van der Waals surface area contributed by atoms with Crippen LogP contribution in [0.5, 0.6) is 0 Å². The molecule has 2 aliphatic rings. The molecule has 0 aromatic carbocycles. The lowest BCUT2D eigenvalue weighted by molar-refractivity contribution is -0.140. The van der Waals surface area contributed by atoms with Gasteiger partial charge in [0.1, 0.15) is 5.82 Å². The van der Waals surface area contributed by atoms with Gasteiger partial charge in [-0.15, -0.1) is 0 Å². The van der Waals surface area contributed by atoms with Gasteiger partial charge in [-0.25, -0.2) is 4.79 Å². The van der Waals surface area contributed by atoms with Gasteiger partial charge >= 0.3 is 5.69 Å². The van der Waals surface area contributed by atoms with E-state index < -0.39 is 17.2 Å². The minimum atomic E-state index is -0.721. The lowest BCUT2D eigenvalue weighted by Gasteiger charge is -2.25. The van der Waals surface area contributed by atoms with E-state index in [4.69, 9.17) is 5.73 Å². The molecule has 176 valence electrons. The van der Waals surface area contributed by atoms with Gasteiger partial charge in [0.15, 0.2) is 5.69 Å². The van der Waals surface area contributed by atoms with Crippen LogP contribution in [0.25, 0.3) is 0 Å². The Hall–Kier alpha value is -2.91. The van der Waals surface area contributed by atoms with Crippen LogP contribution >= 0.6 is 0 Å². The number of likely N-dealkylation sites (tertiary alicyclic amines) is 1. The third-order valence-corrected chi connectivity index (χ3v) is 6.45. The van der Waals surface area contributed by atoms with Gasteiger partial charge in [-0.2, -0.15) is 0 Å². The maximum absolute atomic E-state index is 13.1. The van der Waals surface area contributed by atoms with Crippen molar-refractivity contribution in [1.82, 2.24) is 14.5 Å². The molecule has 1 saturated heterocycles. The first-order valence-electron chi connectivity index (χ1n) is 11.6. The third-order valence-electron chi connectivity index (χ3n) is 6.45. The van der Waals surface area contributed by atoms with E-state index in [0.29, 0.717) is 32.2 Å². The van der Waals surface area contributed by atoms with E-state index in [2.05, 4.69) is 4.98 Å². The van der Waals surface area contributed by atoms with Gasteiger partial charge in [0.2, 0.25) is 17.7 Å². The number of amides is 3. The molecule has 2 unspecified atom stereocenters. The highest BCUT2D eigenvalue weighted by atomic mass is 16.2. The van der Waals surface area contributed by atoms with Gasteiger partial charge in [-0.05, 0) is 25.7 Å². The third kappa shape index (κ3) is 4.49. The summed E-state index contributed by atoms with van der Waals surface area (Å²) in [4.78, 5) is 68.0. The van der Waals surface area contributed by atoms with Crippen LogP contribution in [0.15, 0.2) is 9.59 Å². The van der Waals surface area contributed by atoms with Gasteiger partial charge in [-0.3, -0.25) is 33.6 Å². The lowest BCUT2D eigenvalue weighted by Crippen LogP contribution is -2.43. The molecule has 10 nitrogen and oxygen atoms in total. The quantitative estimate of drug-likeness (QED) is 0.546. The second kappa shape index (κ2) is 10.1. The fourth-order valence-electron chi connectivity index (χ4n) is 4.76. The van der Waals surface area contributed by atoms with E-state index in [0.717, 1.165) is 19.3 Å². The maximum atomic E-state index is 13.1. The number of anilines is 2. The SMILES string of the molecule is CCCCn1c(N)c(N(CCC)C(=O)CCN2C(=O)C3CCCCC3C2=O)c(=O)[nH]c1=O. The van der Waals surface area contributed by atoms with Crippen molar-refractivity contribution in [3.8, 4) is 0 Å². The second-order valence-electron chi connectivity index (χ2n) is 8.62. The molecular formula is C22H33N5O5. The number of unbranched alkanes of at least 4 members (excludes halogenated alkanes) is 1. The lowest BCUT2D eigenvalue weighted by atomic mass is 9.81. The number of carbonyl (C=O) groups excluding carboxylic acids is 3. The fraction of sp³-hybridized carbons (Fsp3) is 0.682. The Bertz CT molecular complexity index is 973. The van der Waals surface area contributed by atoms with Crippen LogP contribution in [-0.2, 0) is 20.9 Å². The summed E-state index contributed by atoms with van der Waals surface area (Å²) in [6.07, 6.45) is 5.28. The number of nitrogens with two attached hydrogens (primary N) is 1. The van der Waals surface area contributed by atoms with E-state index in [9.17, 15) is 24.0 Å². The zero-order valence-electron chi connectivity index (χ0n) is 18.9. The Labute approximate surface area is 186 Å². The Morgan fingerprint density at radius 1 is 1.03 bits per heavy atom. The summed E-state index contributed by atoms with van der Waals surface area (Å²) in [5.74, 6) is -1.38. The van der Waals surface area contributed by atoms with Crippen LogP contribution < -0.4 is 21.9 Å². The van der Waals surface area contributed by atoms with Gasteiger partial charge in [-0.1, -0.05) is 33.1 Å². The van der Waals surface area contributed by atoms with E-state index in [1.807, 2.05) is 13.8 Å². The number of aromatic amines is 1. The molecule has 32 heavy (non-hydrogen) atoms. The van der Waals surface area contributed by atoms with Crippen molar-refractivity contribution < 1.29 is 14.4 Å². The normalized spacial score (nSPS) is 20.5. The molecular weight excluding hydrogens is 414 g/mol. The van der Waals surface area contributed by atoms with Crippen molar-refractivity contribution in [3.05, 3.63) is 20.8 Å². The summed E-state index contributed by atoms with van der Waals surface area (Å²) in [5, 5.41) is 0. The van der Waals surface area contributed by atoms with Gasteiger partial charge in [0.25, 0.3) is 5.56 Å². The molecule has 3 N–H and O–H groups in total. The highest BCUT2D eigenvalue weighted by Gasteiger charge is 2.48. The zero-order chi connectivity index (χ0) is 23.4. The number of carbonyl (C=O) groups is 3. The van der Waals surface area contributed by atoms with E-state index in [1.54, 1.807) is 0 Å². The predicted octanol–water partition coefficient (Wildman–Crippen LogP) is 1.23. The maximum Gasteiger partial charge on any atom is 0.330 e. The Kier molecular flexibility index (Phi) is 7.52. The van der Waals surface area contributed by atoms with Gasteiger partial charge in [0, 0.05) is 26.1 Å². The molecule has 0 spiro atoms. The molecule has 0 bridgehead atoms. The van der Waals surface area contributed by atoms with E-state index in [-0.39, 0.29) is 54.7 Å². The largest absolute Gasteiger partial charge is 0.383 e. The second-order valence-corrected chi connectivity index (χ2v) is 8.62. The highest BCUT2D eigenvalue weighted by Crippen LogP contribution is 2.38. The van der Waals surface area contributed by atoms with Crippen molar-refractivity contribution in [2.45, 2.75) is 71.8 Å². The number of nitrogens with zero attached hydrogens (tertiary/aromatic N) is 3. The number of imide groups is 1. The molecule has 0 radical (unpaired) electrons. The number of fused-ring (bicyclic) bond motifs is 1. The molecule has 2 fully saturated rings. The van der Waals surface area contributed by atoms with Crippen molar-refractivity contribution in [2.24, 2.45) is 11.8 Å². The summed E-state index contributed by atoms with van der Waals surface area (Å²) in [7, 11) is 0. The van der Waals surface area contributed by atoms with Gasteiger partial charge in [0.05, 0.1) is 11.8 Å². The molecule has 1 aromatic heterocycles. The molecule has 1 saturated carbocycles. The molecule has 1 aliphatic carbocycles. The number of aromatic nitrogens is 2. The zero-order valence-corrected chi connectivity index (χ0v) is 18.9. The van der Waals surface area contributed by atoms with E-state index in [1.165, 1.54) is 14.4 Å². The molecule has 2 heterocycles. The standard InChI is InChI=1S/C22H33N5O5/c1-3-5-12-26-18(23)17(19(29)24-22(26)32)25(11-4-2)16(28)10-13-27-20(30)14-8-6-7-9-15(14)21(27)31/h14-15H,3-13,23H2,1-2H3,(H,24,29,32). The minimum absolute atomic E-state index is 0.0169. The first-order chi connectivity index (χ1) is 15.3. The van der Waals surface area contributed by atoms with Crippen LogP contribution in [0.3, 0.4) is 0 Å². The number of rotatable bonds is 9. The Morgan fingerprint density at radius 2 is 1.66 bits per heavy atom. The number of nitrogen functional groups attached to an aromatic ring is 1. The van der Waals surface area contributed by atoms with Crippen molar-refractivity contribution >= 4 is 29.2 Å². The molecule has 10 heteroatoms. The van der Waals surface area contributed by atoms with E-state index >= 15 is 0 Å². The monoisotopic (exact) mass is 447 g/mol. The number of hydrogen-bond acceptors (Lipinski definition) is 6. The molecule has 3 amide bonds. The smallest absolute Gasteiger partial charge is 0.330 e. The summed E-state index contributed by atoms with van der Waals surface area (Å²) in [6, 6.07) is 0. The Morgan fingerprint density at radius 3 is 2.22 bits per heavy atom.